The highest BCUT2D eigenvalue weighted by Crippen LogP contribution is 2.37. The van der Waals surface area contributed by atoms with Crippen LogP contribution in [-0.4, -0.2) is 36.5 Å². The predicted molar refractivity (Wildman–Crippen MR) is 96.8 cm³/mol. The summed E-state index contributed by atoms with van der Waals surface area (Å²) in [7, 11) is 0. The van der Waals surface area contributed by atoms with Gasteiger partial charge in [-0.3, -0.25) is 4.40 Å². The van der Waals surface area contributed by atoms with Crippen molar-refractivity contribution < 1.29 is 18.3 Å². The molecule has 5 nitrogen and oxygen atoms in total. The number of aromatic nitrogens is 4. The van der Waals surface area contributed by atoms with Crippen molar-refractivity contribution in [3.05, 3.63) is 29.6 Å². The van der Waals surface area contributed by atoms with Crippen molar-refractivity contribution in [1.82, 2.24) is 19.6 Å². The Labute approximate surface area is 158 Å². The third-order valence-corrected chi connectivity index (χ3v) is 6.14. The van der Waals surface area contributed by atoms with Gasteiger partial charge in [0.25, 0.3) is 0 Å². The highest BCUT2D eigenvalue weighted by atomic mass is 32.2. The van der Waals surface area contributed by atoms with Gasteiger partial charge in [0.2, 0.25) is 5.82 Å². The Hall–Kier alpha value is -1.87. The van der Waals surface area contributed by atoms with E-state index in [1.807, 2.05) is 0 Å². The lowest BCUT2D eigenvalue weighted by molar-refractivity contribution is -0.145. The van der Waals surface area contributed by atoms with Crippen molar-refractivity contribution in [1.29, 1.82) is 0 Å². The summed E-state index contributed by atoms with van der Waals surface area (Å²) in [6.45, 7) is -0.0774. The summed E-state index contributed by atoms with van der Waals surface area (Å²) in [5, 5.41) is 17.2. The zero-order valence-corrected chi connectivity index (χ0v) is 15.4. The Bertz CT molecular complexity index is 967. The molecular formula is C18H19F3N4OS. The molecule has 144 valence electrons. The van der Waals surface area contributed by atoms with Crippen molar-refractivity contribution in [2.24, 2.45) is 0 Å². The normalized spacial score (nSPS) is 16.4. The van der Waals surface area contributed by atoms with Crippen LogP contribution in [0.15, 0.2) is 23.2 Å². The van der Waals surface area contributed by atoms with Gasteiger partial charge in [-0.15, -0.1) is 10.2 Å². The van der Waals surface area contributed by atoms with E-state index >= 15 is 0 Å². The first-order chi connectivity index (χ1) is 13.0. The fourth-order valence-corrected chi connectivity index (χ4v) is 4.81. The molecule has 2 aromatic heterocycles. The lowest BCUT2D eigenvalue weighted by atomic mass is 10.0. The molecular weight excluding hydrogens is 377 g/mol. The van der Waals surface area contributed by atoms with Crippen LogP contribution in [-0.2, 0) is 12.6 Å². The molecule has 2 heterocycles. The summed E-state index contributed by atoms with van der Waals surface area (Å²) in [5.74, 6) is -1.04. The average Bonchev–Trinajstić information content (AvgIpc) is 3.09. The minimum atomic E-state index is -4.62. The third kappa shape index (κ3) is 3.62. The Balaban J connectivity index is 1.91. The molecule has 1 aliphatic rings. The van der Waals surface area contributed by atoms with Crippen molar-refractivity contribution in [2.45, 2.75) is 55.0 Å². The largest absolute Gasteiger partial charge is 0.452 e. The van der Waals surface area contributed by atoms with Gasteiger partial charge in [-0.2, -0.15) is 13.2 Å². The van der Waals surface area contributed by atoms with Crippen LogP contribution in [0.2, 0.25) is 0 Å². The number of hydrogen-bond acceptors (Lipinski definition) is 5. The molecule has 9 heteroatoms. The van der Waals surface area contributed by atoms with Gasteiger partial charge in [-0.05, 0) is 37.0 Å². The van der Waals surface area contributed by atoms with E-state index in [0.717, 1.165) is 35.6 Å². The lowest BCUT2D eigenvalue weighted by Gasteiger charge is -2.21. The minimum Gasteiger partial charge on any atom is -0.396 e. The van der Waals surface area contributed by atoms with E-state index in [1.54, 1.807) is 18.2 Å². The monoisotopic (exact) mass is 396 g/mol. The predicted octanol–water partition coefficient (Wildman–Crippen LogP) is 4.26. The van der Waals surface area contributed by atoms with E-state index < -0.39 is 12.0 Å². The number of benzene rings is 1. The first-order valence-electron chi connectivity index (χ1n) is 9.00. The second-order valence-electron chi connectivity index (χ2n) is 6.77. The molecule has 0 bridgehead atoms. The van der Waals surface area contributed by atoms with Gasteiger partial charge in [-0.1, -0.05) is 37.1 Å². The van der Waals surface area contributed by atoms with Crippen LogP contribution < -0.4 is 0 Å². The van der Waals surface area contributed by atoms with Gasteiger partial charge in [-0.25, -0.2) is 4.98 Å². The zero-order chi connectivity index (χ0) is 19.0. The molecule has 1 N–H and O–H groups in total. The van der Waals surface area contributed by atoms with Gasteiger partial charge in [0.1, 0.15) is 5.03 Å². The smallest absolute Gasteiger partial charge is 0.396 e. The number of fused-ring (bicyclic) bond motifs is 3. The molecule has 27 heavy (non-hydrogen) atoms. The Morgan fingerprint density at radius 2 is 1.93 bits per heavy atom. The molecule has 1 aromatic carbocycles. The Morgan fingerprint density at radius 1 is 1.15 bits per heavy atom. The number of thioether (sulfide) groups is 1. The van der Waals surface area contributed by atoms with Crippen LogP contribution in [0, 0.1) is 0 Å². The fourth-order valence-electron chi connectivity index (χ4n) is 3.54. The van der Waals surface area contributed by atoms with Gasteiger partial charge in [0.05, 0.1) is 11.0 Å². The first kappa shape index (κ1) is 18.5. The number of hydrogen-bond donors (Lipinski definition) is 1. The number of nitrogens with zero attached hydrogens (tertiary/aromatic N) is 4. The zero-order valence-electron chi connectivity index (χ0n) is 14.5. The van der Waals surface area contributed by atoms with Crippen LogP contribution in [0.25, 0.3) is 16.7 Å². The number of aliphatic hydroxyl groups is 1. The molecule has 0 amide bonds. The quantitative estimate of drug-likeness (QED) is 0.714. The van der Waals surface area contributed by atoms with E-state index in [1.165, 1.54) is 18.2 Å². The summed E-state index contributed by atoms with van der Waals surface area (Å²) >= 11 is 1.51. The van der Waals surface area contributed by atoms with Gasteiger partial charge in [0.15, 0.2) is 5.65 Å². The van der Waals surface area contributed by atoms with Gasteiger partial charge >= 0.3 is 6.18 Å². The number of halogens is 3. The van der Waals surface area contributed by atoms with E-state index in [2.05, 4.69) is 15.2 Å². The SMILES string of the molecule is OCCc1ccc2nc(SC3CCCCC3)c3nnc(C(F)(F)F)n3c2c1. The van der Waals surface area contributed by atoms with E-state index in [9.17, 15) is 13.2 Å². The van der Waals surface area contributed by atoms with Crippen LogP contribution in [0.5, 0.6) is 0 Å². The molecule has 4 rings (SSSR count). The molecule has 0 saturated heterocycles. The Kier molecular flexibility index (Phi) is 4.98. The van der Waals surface area contributed by atoms with Crippen molar-refractivity contribution in [3.8, 4) is 0 Å². The summed E-state index contributed by atoms with van der Waals surface area (Å²) in [6.07, 6.45) is 1.28. The molecule has 1 saturated carbocycles. The third-order valence-electron chi connectivity index (χ3n) is 4.84. The summed E-state index contributed by atoms with van der Waals surface area (Å²) in [4.78, 5) is 4.60. The van der Waals surface area contributed by atoms with Crippen molar-refractivity contribution in [2.75, 3.05) is 6.61 Å². The highest BCUT2D eigenvalue weighted by Gasteiger charge is 2.38. The fraction of sp³-hybridized carbons (Fsp3) is 0.500. The van der Waals surface area contributed by atoms with Crippen molar-refractivity contribution in [3.63, 3.8) is 0 Å². The highest BCUT2D eigenvalue weighted by molar-refractivity contribution is 8.00. The van der Waals surface area contributed by atoms with Crippen LogP contribution in [0.4, 0.5) is 13.2 Å². The number of alkyl halides is 3. The molecule has 0 radical (unpaired) electrons. The van der Waals surface area contributed by atoms with E-state index in [0.29, 0.717) is 27.7 Å². The molecule has 3 aromatic rings. The lowest BCUT2D eigenvalue weighted by Crippen LogP contribution is -2.13. The summed E-state index contributed by atoms with van der Waals surface area (Å²) in [5.41, 5.74) is 1.66. The van der Waals surface area contributed by atoms with E-state index in [-0.39, 0.29) is 12.3 Å². The number of aliphatic hydroxyl groups excluding tert-OH is 1. The second kappa shape index (κ2) is 7.27. The average molecular weight is 396 g/mol. The van der Waals surface area contributed by atoms with E-state index in [4.69, 9.17) is 5.11 Å². The molecule has 0 unspecified atom stereocenters. The minimum absolute atomic E-state index is 0.0774. The Morgan fingerprint density at radius 3 is 2.63 bits per heavy atom. The maximum atomic E-state index is 13.5. The van der Waals surface area contributed by atoms with Crippen molar-refractivity contribution >= 4 is 28.4 Å². The summed E-state index contributed by atoms with van der Waals surface area (Å²) in [6, 6.07) is 5.11. The maximum Gasteiger partial charge on any atom is 0.452 e. The molecule has 0 atom stereocenters. The molecule has 1 aliphatic carbocycles. The molecule has 0 spiro atoms. The second-order valence-corrected chi connectivity index (χ2v) is 8.06. The van der Waals surface area contributed by atoms with Crippen LogP contribution >= 0.6 is 11.8 Å². The summed E-state index contributed by atoms with van der Waals surface area (Å²) < 4.78 is 41.6. The van der Waals surface area contributed by atoms with Crippen LogP contribution in [0.1, 0.15) is 43.5 Å². The molecule has 0 aliphatic heterocycles. The maximum absolute atomic E-state index is 13.5. The topological polar surface area (TPSA) is 63.3 Å². The van der Waals surface area contributed by atoms with Crippen LogP contribution in [0.3, 0.4) is 0 Å². The first-order valence-corrected chi connectivity index (χ1v) is 9.88. The standard InChI is InChI=1S/C18H19F3N4OS/c19-18(20,21)17-24-23-15-16(27-12-4-2-1-3-5-12)22-13-7-6-11(8-9-26)10-14(13)25(15)17/h6-7,10,12,26H,1-5,8-9H2. The number of rotatable bonds is 4. The van der Waals surface area contributed by atoms with Gasteiger partial charge < -0.3 is 5.11 Å². The molecule has 1 fully saturated rings. The van der Waals surface area contributed by atoms with Gasteiger partial charge in [0, 0.05) is 11.9 Å².